The van der Waals surface area contributed by atoms with Crippen LogP contribution in [0.5, 0.6) is 5.75 Å². The Morgan fingerprint density at radius 3 is 2.76 bits per heavy atom. The summed E-state index contributed by atoms with van der Waals surface area (Å²) in [5.41, 5.74) is 11.2. The molecule has 0 bridgehead atoms. The highest BCUT2D eigenvalue weighted by Gasteiger charge is 2.32. The lowest BCUT2D eigenvalue weighted by Crippen LogP contribution is -2.36. The summed E-state index contributed by atoms with van der Waals surface area (Å²) in [5, 5.41) is 0. The second-order valence-electron chi connectivity index (χ2n) is 12.4. The Hall–Kier alpha value is -3.28. The Bertz CT molecular complexity index is 1590. The Morgan fingerprint density at radius 1 is 1.15 bits per heavy atom. The molecule has 0 saturated carbocycles. The molecule has 2 aliphatic heterocycles. The lowest BCUT2D eigenvalue weighted by molar-refractivity contribution is 0.310. The minimum Gasteiger partial charge on any atom is -0.491 e. The summed E-state index contributed by atoms with van der Waals surface area (Å²) in [4.78, 5) is 18.4. The number of nitrogen functional groups attached to an aromatic ring is 1. The molecule has 3 aromatic rings. The summed E-state index contributed by atoms with van der Waals surface area (Å²) in [6, 6.07) is 7.42. The average molecular weight is 578 g/mol. The van der Waals surface area contributed by atoms with Gasteiger partial charge in [-0.3, -0.25) is 0 Å². The number of likely N-dealkylation sites (N-methyl/N-ethyl adjacent to an activating group) is 1. The Labute approximate surface area is 242 Å². The molecule has 4 heterocycles. The second-order valence-corrected chi connectivity index (χ2v) is 14.1. The Balaban J connectivity index is 1.31. The van der Waals surface area contributed by atoms with Gasteiger partial charge in [-0.15, -0.1) is 0 Å². The van der Waals surface area contributed by atoms with E-state index in [-0.39, 0.29) is 22.2 Å². The first-order chi connectivity index (χ1) is 19.5. The van der Waals surface area contributed by atoms with Gasteiger partial charge in [0.2, 0.25) is 10.0 Å². The highest BCUT2D eigenvalue weighted by Crippen LogP contribution is 2.39. The van der Waals surface area contributed by atoms with Gasteiger partial charge >= 0.3 is 0 Å². The summed E-state index contributed by atoms with van der Waals surface area (Å²) in [7, 11) is -1.85. The first kappa shape index (κ1) is 27.9. The highest BCUT2D eigenvalue weighted by molar-refractivity contribution is 7.89. The van der Waals surface area contributed by atoms with Gasteiger partial charge in [0, 0.05) is 47.7 Å². The molecule has 1 aromatic carbocycles. The van der Waals surface area contributed by atoms with Gasteiger partial charge in [0.15, 0.2) is 0 Å². The molecule has 1 fully saturated rings. The van der Waals surface area contributed by atoms with E-state index in [1.165, 1.54) is 5.56 Å². The van der Waals surface area contributed by atoms with Crippen molar-refractivity contribution in [2.45, 2.75) is 63.9 Å². The summed E-state index contributed by atoms with van der Waals surface area (Å²) in [6.07, 6.45) is 5.41. The molecule has 1 saturated heterocycles. The third-order valence-corrected chi connectivity index (χ3v) is 9.98. The molecule has 6 rings (SSSR count). The zero-order valence-electron chi connectivity index (χ0n) is 24.3. The van der Waals surface area contributed by atoms with Crippen molar-refractivity contribution in [2.75, 3.05) is 43.9 Å². The number of anilines is 2. The Kier molecular flexibility index (Phi) is 7.15. The van der Waals surface area contributed by atoms with Crippen LogP contribution in [0.2, 0.25) is 0 Å². The lowest BCUT2D eigenvalue weighted by atomic mass is 9.76. The molecule has 11 heteroatoms. The van der Waals surface area contributed by atoms with Crippen LogP contribution in [0.1, 0.15) is 49.3 Å². The smallest absolute Gasteiger partial charge is 0.244 e. The van der Waals surface area contributed by atoms with E-state index in [4.69, 9.17) is 20.4 Å². The number of nitrogens with zero attached hydrogens (tertiary/aromatic N) is 5. The maximum Gasteiger partial charge on any atom is 0.244 e. The fraction of sp³-hybridized carbons (Fsp3) is 0.500. The topological polar surface area (TPSA) is 127 Å². The molecule has 0 radical (unpaired) electrons. The van der Waals surface area contributed by atoms with Crippen LogP contribution in [0, 0.1) is 12.3 Å². The number of pyridine rings is 1. The Morgan fingerprint density at radius 2 is 1.98 bits per heavy atom. The number of ether oxygens (including phenoxy) is 1. The van der Waals surface area contributed by atoms with Crippen molar-refractivity contribution < 1.29 is 13.2 Å². The number of hydrogen-bond acceptors (Lipinski definition) is 9. The number of fused-ring (bicyclic) bond motifs is 2. The van der Waals surface area contributed by atoms with Crippen molar-refractivity contribution in [1.82, 2.24) is 24.6 Å². The molecule has 10 nitrogen and oxygen atoms in total. The monoisotopic (exact) mass is 577 g/mol. The normalized spacial score (nSPS) is 20.7. The van der Waals surface area contributed by atoms with Gasteiger partial charge < -0.3 is 20.3 Å². The predicted molar refractivity (Wildman–Crippen MR) is 159 cm³/mol. The van der Waals surface area contributed by atoms with Crippen LogP contribution in [-0.2, 0) is 29.4 Å². The number of aryl methyl sites for hydroxylation is 2. The highest BCUT2D eigenvalue weighted by atomic mass is 32.2. The molecule has 0 amide bonds. The van der Waals surface area contributed by atoms with Crippen molar-refractivity contribution in [1.29, 1.82) is 0 Å². The van der Waals surface area contributed by atoms with E-state index >= 15 is 0 Å². The number of nitrogens with one attached hydrogen (secondary N) is 1. The predicted octanol–water partition coefficient (Wildman–Crippen LogP) is 3.33. The zero-order valence-corrected chi connectivity index (χ0v) is 25.1. The summed E-state index contributed by atoms with van der Waals surface area (Å²) >= 11 is 0. The van der Waals surface area contributed by atoms with E-state index in [9.17, 15) is 8.42 Å². The molecule has 41 heavy (non-hydrogen) atoms. The number of nitrogens with two attached hydrogens (primary N) is 1. The summed E-state index contributed by atoms with van der Waals surface area (Å²) in [6.45, 7) is 9.97. The quantitative estimate of drug-likeness (QED) is 0.470. The molecule has 218 valence electrons. The first-order valence-corrected chi connectivity index (χ1v) is 15.8. The van der Waals surface area contributed by atoms with Gasteiger partial charge in [0.05, 0.1) is 6.54 Å². The maximum absolute atomic E-state index is 13.3. The summed E-state index contributed by atoms with van der Waals surface area (Å²) in [5.74, 6) is 2.59. The van der Waals surface area contributed by atoms with Crippen molar-refractivity contribution in [2.24, 2.45) is 5.41 Å². The number of rotatable bonds is 5. The van der Waals surface area contributed by atoms with Crippen LogP contribution in [0.15, 0.2) is 35.4 Å². The number of hydrogen-bond donors (Lipinski definition) is 2. The molecular weight excluding hydrogens is 538 g/mol. The van der Waals surface area contributed by atoms with Gasteiger partial charge in [0.1, 0.15) is 34.7 Å². The minimum atomic E-state index is -3.83. The van der Waals surface area contributed by atoms with Crippen LogP contribution < -0.4 is 20.1 Å². The van der Waals surface area contributed by atoms with Crippen LogP contribution in [-0.4, -0.2) is 67.6 Å². The molecule has 1 atom stereocenters. The minimum absolute atomic E-state index is 0.00285. The van der Waals surface area contributed by atoms with Crippen LogP contribution in [0.3, 0.4) is 0 Å². The van der Waals surface area contributed by atoms with Gasteiger partial charge in [0.25, 0.3) is 0 Å². The third-order valence-electron chi connectivity index (χ3n) is 8.43. The van der Waals surface area contributed by atoms with E-state index in [0.717, 1.165) is 66.4 Å². The van der Waals surface area contributed by atoms with Gasteiger partial charge in [-0.05, 0) is 75.4 Å². The largest absolute Gasteiger partial charge is 0.491 e. The van der Waals surface area contributed by atoms with Gasteiger partial charge in [-0.1, -0.05) is 19.9 Å². The molecule has 3 aliphatic rings. The standard InChI is InChI=1S/C30H39N7O3S/c1-19-33-25-7-9-30(2,3)15-24(25)29(34-19)37-11-12-40-26-6-5-20(13-22(26)17-37)21-14-27(28(31)32-16-21)41(38,39)35-23-8-10-36(4)18-23/h5-6,13-14,16,23,35H,7-12,15,17-18H2,1-4H3,(H2,31,32)/t23-/m1/s1. The van der Waals surface area contributed by atoms with E-state index < -0.39 is 10.0 Å². The number of aromatic nitrogens is 3. The third kappa shape index (κ3) is 5.75. The fourth-order valence-corrected chi connectivity index (χ4v) is 7.58. The molecule has 1 aliphatic carbocycles. The van der Waals surface area contributed by atoms with E-state index in [2.05, 4.69) is 39.4 Å². The second kappa shape index (κ2) is 10.5. The van der Waals surface area contributed by atoms with Crippen LogP contribution >= 0.6 is 0 Å². The van der Waals surface area contributed by atoms with Crippen molar-refractivity contribution in [3.63, 3.8) is 0 Å². The van der Waals surface area contributed by atoms with E-state index in [1.54, 1.807) is 12.3 Å². The molecule has 0 spiro atoms. The number of benzene rings is 1. The first-order valence-electron chi connectivity index (χ1n) is 14.3. The fourth-order valence-electron chi connectivity index (χ4n) is 6.21. The van der Waals surface area contributed by atoms with Crippen molar-refractivity contribution in [3.05, 3.63) is 53.1 Å². The average Bonchev–Trinajstić information content (AvgIpc) is 3.19. The van der Waals surface area contributed by atoms with Gasteiger partial charge in [-0.25, -0.2) is 28.1 Å². The molecule has 2 aromatic heterocycles. The van der Waals surface area contributed by atoms with E-state index in [0.29, 0.717) is 31.8 Å². The number of sulfonamides is 1. The van der Waals surface area contributed by atoms with E-state index in [1.807, 2.05) is 26.1 Å². The zero-order chi connectivity index (χ0) is 28.9. The molecular formula is C30H39N7O3S. The SMILES string of the molecule is Cc1nc2c(c(N3CCOc4ccc(-c5cnc(N)c(S(=O)(=O)N[C@@H]6CCN(C)C6)c5)cc4C3)n1)CC(C)(C)CC2. The van der Waals surface area contributed by atoms with Crippen LogP contribution in [0.4, 0.5) is 11.6 Å². The molecule has 0 unspecified atom stereocenters. The lowest BCUT2D eigenvalue weighted by Gasteiger charge is -2.34. The van der Waals surface area contributed by atoms with Crippen molar-refractivity contribution >= 4 is 21.7 Å². The summed E-state index contributed by atoms with van der Waals surface area (Å²) < 4.78 is 35.5. The molecule has 3 N–H and O–H groups in total. The van der Waals surface area contributed by atoms with Crippen molar-refractivity contribution in [3.8, 4) is 16.9 Å². The maximum atomic E-state index is 13.3. The van der Waals surface area contributed by atoms with Crippen LogP contribution in [0.25, 0.3) is 11.1 Å². The number of likely N-dealkylation sites (tertiary alicyclic amines) is 1. The van der Waals surface area contributed by atoms with Gasteiger partial charge in [-0.2, -0.15) is 0 Å².